The van der Waals surface area contributed by atoms with E-state index in [0.717, 1.165) is 38.3 Å². The minimum absolute atomic E-state index is 0.613. The minimum Gasteiger partial charge on any atom is -0.495 e. The minimum atomic E-state index is 0.613. The molecule has 18 heavy (non-hydrogen) atoms. The number of ether oxygens (including phenoxy) is 2. The number of nitrogens with zero attached hydrogens (tertiary/aromatic N) is 1. The summed E-state index contributed by atoms with van der Waals surface area (Å²) in [5.74, 6) is 0.743. The van der Waals surface area contributed by atoms with E-state index in [0.29, 0.717) is 11.7 Å². The van der Waals surface area contributed by atoms with Crippen molar-refractivity contribution in [2.45, 2.75) is 25.4 Å². The molecular formula is C14H22N2O2. The van der Waals surface area contributed by atoms with Gasteiger partial charge in [0.25, 0.3) is 0 Å². The van der Waals surface area contributed by atoms with E-state index in [-0.39, 0.29) is 0 Å². The van der Waals surface area contributed by atoms with Gasteiger partial charge < -0.3 is 15.2 Å². The van der Waals surface area contributed by atoms with E-state index in [1.54, 1.807) is 7.11 Å². The third-order valence-corrected chi connectivity index (χ3v) is 3.54. The third kappa shape index (κ3) is 3.15. The Labute approximate surface area is 109 Å². The Balaban J connectivity index is 1.97. The average molecular weight is 250 g/mol. The largest absolute Gasteiger partial charge is 0.495 e. The summed E-state index contributed by atoms with van der Waals surface area (Å²) < 4.78 is 10.6. The molecule has 4 nitrogen and oxygen atoms in total. The van der Waals surface area contributed by atoms with E-state index < -0.39 is 0 Å². The van der Waals surface area contributed by atoms with Crippen LogP contribution in [0.2, 0.25) is 0 Å². The van der Waals surface area contributed by atoms with Crippen LogP contribution in [0.5, 0.6) is 5.75 Å². The first-order valence-corrected chi connectivity index (χ1v) is 6.41. The zero-order valence-corrected chi connectivity index (χ0v) is 11.2. The van der Waals surface area contributed by atoms with Gasteiger partial charge in [0.1, 0.15) is 5.75 Å². The van der Waals surface area contributed by atoms with Crippen LogP contribution >= 0.6 is 0 Å². The zero-order valence-electron chi connectivity index (χ0n) is 11.2. The first-order valence-electron chi connectivity index (χ1n) is 6.41. The van der Waals surface area contributed by atoms with Crippen molar-refractivity contribution >= 4 is 5.69 Å². The van der Waals surface area contributed by atoms with Crippen molar-refractivity contribution in [3.8, 4) is 5.75 Å². The van der Waals surface area contributed by atoms with Crippen LogP contribution in [0.3, 0.4) is 0 Å². The number of nitrogen functional groups attached to an aromatic ring is 1. The van der Waals surface area contributed by atoms with Crippen molar-refractivity contribution in [1.82, 2.24) is 4.90 Å². The molecule has 0 aliphatic carbocycles. The molecule has 0 saturated carbocycles. The number of nitrogens with two attached hydrogens (primary N) is 1. The Morgan fingerprint density at radius 2 is 2.11 bits per heavy atom. The second kappa shape index (κ2) is 6.07. The molecule has 4 heteroatoms. The first-order chi connectivity index (χ1) is 8.70. The molecule has 1 aromatic carbocycles. The molecule has 0 spiro atoms. The summed E-state index contributed by atoms with van der Waals surface area (Å²) in [6, 6.07) is 6.62. The zero-order chi connectivity index (χ0) is 13.0. The SMILES string of the molecule is COc1ccc(CN(C)C2CCOCC2)cc1N. The van der Waals surface area contributed by atoms with Crippen molar-refractivity contribution in [3.63, 3.8) is 0 Å². The highest BCUT2D eigenvalue weighted by Crippen LogP contribution is 2.23. The van der Waals surface area contributed by atoms with Crippen LogP contribution in [-0.4, -0.2) is 38.3 Å². The van der Waals surface area contributed by atoms with Crippen molar-refractivity contribution in [2.75, 3.05) is 33.1 Å². The van der Waals surface area contributed by atoms with E-state index in [4.69, 9.17) is 15.2 Å². The Kier molecular flexibility index (Phi) is 4.44. The molecule has 0 aromatic heterocycles. The van der Waals surface area contributed by atoms with Crippen LogP contribution in [0.15, 0.2) is 18.2 Å². The second-order valence-corrected chi connectivity index (χ2v) is 4.83. The van der Waals surface area contributed by atoms with Gasteiger partial charge in [0, 0.05) is 25.8 Å². The third-order valence-electron chi connectivity index (χ3n) is 3.54. The lowest BCUT2D eigenvalue weighted by Gasteiger charge is -2.31. The lowest BCUT2D eigenvalue weighted by Crippen LogP contribution is -2.36. The quantitative estimate of drug-likeness (QED) is 0.829. The Hall–Kier alpha value is -1.26. The molecule has 100 valence electrons. The summed E-state index contributed by atoms with van der Waals surface area (Å²) in [7, 11) is 3.80. The Morgan fingerprint density at radius 3 is 2.72 bits per heavy atom. The molecule has 1 aromatic rings. The van der Waals surface area contributed by atoms with Crippen LogP contribution in [0.25, 0.3) is 0 Å². The summed E-state index contributed by atoms with van der Waals surface area (Å²) in [4.78, 5) is 2.38. The van der Waals surface area contributed by atoms with E-state index in [2.05, 4.69) is 18.0 Å². The van der Waals surface area contributed by atoms with Gasteiger partial charge >= 0.3 is 0 Å². The number of benzene rings is 1. The maximum Gasteiger partial charge on any atom is 0.141 e. The highest BCUT2D eigenvalue weighted by Gasteiger charge is 2.18. The molecule has 1 saturated heterocycles. The molecule has 1 heterocycles. The van der Waals surface area contributed by atoms with Crippen molar-refractivity contribution in [3.05, 3.63) is 23.8 Å². The number of rotatable bonds is 4. The van der Waals surface area contributed by atoms with Gasteiger partial charge in [0.15, 0.2) is 0 Å². The molecule has 0 amide bonds. The highest BCUT2D eigenvalue weighted by molar-refractivity contribution is 5.54. The molecule has 1 fully saturated rings. The maximum absolute atomic E-state index is 5.92. The van der Waals surface area contributed by atoms with Crippen molar-refractivity contribution < 1.29 is 9.47 Å². The Bertz CT molecular complexity index is 389. The van der Waals surface area contributed by atoms with Gasteiger partial charge in [0.05, 0.1) is 12.8 Å². The number of hydrogen-bond acceptors (Lipinski definition) is 4. The second-order valence-electron chi connectivity index (χ2n) is 4.83. The fourth-order valence-corrected chi connectivity index (χ4v) is 2.43. The van der Waals surface area contributed by atoms with Gasteiger partial charge in [-0.05, 0) is 37.6 Å². The van der Waals surface area contributed by atoms with E-state index in [9.17, 15) is 0 Å². The molecule has 2 rings (SSSR count). The average Bonchev–Trinajstić information content (AvgIpc) is 2.40. The topological polar surface area (TPSA) is 47.7 Å². The normalized spacial score (nSPS) is 17.1. The summed E-state index contributed by atoms with van der Waals surface area (Å²) in [6.45, 7) is 2.67. The van der Waals surface area contributed by atoms with Gasteiger partial charge in [0.2, 0.25) is 0 Å². The number of methoxy groups -OCH3 is 1. The smallest absolute Gasteiger partial charge is 0.141 e. The van der Waals surface area contributed by atoms with Gasteiger partial charge in [-0.3, -0.25) is 4.90 Å². The number of hydrogen-bond donors (Lipinski definition) is 1. The van der Waals surface area contributed by atoms with Gasteiger partial charge in [-0.15, -0.1) is 0 Å². The summed E-state index contributed by atoms with van der Waals surface area (Å²) in [6.07, 6.45) is 2.23. The van der Waals surface area contributed by atoms with Crippen LogP contribution in [-0.2, 0) is 11.3 Å². The van der Waals surface area contributed by atoms with Gasteiger partial charge in [-0.25, -0.2) is 0 Å². The maximum atomic E-state index is 5.92. The lowest BCUT2D eigenvalue weighted by molar-refractivity contribution is 0.0407. The van der Waals surface area contributed by atoms with Gasteiger partial charge in [-0.2, -0.15) is 0 Å². The molecule has 0 radical (unpaired) electrons. The molecule has 1 aliphatic heterocycles. The summed E-state index contributed by atoms with van der Waals surface area (Å²) >= 11 is 0. The lowest BCUT2D eigenvalue weighted by atomic mass is 10.1. The summed E-state index contributed by atoms with van der Waals surface area (Å²) in [5.41, 5.74) is 7.85. The van der Waals surface area contributed by atoms with Crippen LogP contribution in [0.4, 0.5) is 5.69 Å². The molecule has 0 bridgehead atoms. The fraction of sp³-hybridized carbons (Fsp3) is 0.571. The standard InChI is InChI=1S/C14H22N2O2/c1-16(12-5-7-18-8-6-12)10-11-3-4-14(17-2)13(15)9-11/h3-4,9,12H,5-8,10,15H2,1-2H3. The van der Waals surface area contributed by atoms with E-state index >= 15 is 0 Å². The number of anilines is 1. The Morgan fingerprint density at radius 1 is 1.39 bits per heavy atom. The molecule has 0 atom stereocenters. The predicted molar refractivity (Wildman–Crippen MR) is 72.7 cm³/mol. The fourth-order valence-electron chi connectivity index (χ4n) is 2.43. The van der Waals surface area contributed by atoms with Crippen LogP contribution < -0.4 is 10.5 Å². The molecule has 0 unspecified atom stereocenters. The van der Waals surface area contributed by atoms with Crippen molar-refractivity contribution in [2.24, 2.45) is 0 Å². The first kappa shape index (κ1) is 13.2. The van der Waals surface area contributed by atoms with Gasteiger partial charge in [-0.1, -0.05) is 6.07 Å². The van der Waals surface area contributed by atoms with Crippen LogP contribution in [0.1, 0.15) is 18.4 Å². The molecular weight excluding hydrogens is 228 g/mol. The van der Waals surface area contributed by atoms with E-state index in [1.807, 2.05) is 12.1 Å². The van der Waals surface area contributed by atoms with Crippen LogP contribution in [0, 0.1) is 0 Å². The molecule has 2 N–H and O–H groups in total. The summed E-state index contributed by atoms with van der Waals surface area (Å²) in [5, 5.41) is 0. The predicted octanol–water partition coefficient (Wildman–Crippen LogP) is 1.89. The highest BCUT2D eigenvalue weighted by atomic mass is 16.5. The monoisotopic (exact) mass is 250 g/mol. The van der Waals surface area contributed by atoms with Crippen molar-refractivity contribution in [1.29, 1.82) is 0 Å². The van der Waals surface area contributed by atoms with E-state index in [1.165, 1.54) is 5.56 Å². The molecule has 1 aliphatic rings.